The Balaban J connectivity index is 1.71. The molecule has 2 aromatic carbocycles. The van der Waals surface area contributed by atoms with Gasteiger partial charge in [-0.2, -0.15) is 13.2 Å². The molecule has 36 heavy (non-hydrogen) atoms. The smallest absolute Gasteiger partial charge is 0.413 e. The molecule has 5 rings (SSSR count). The van der Waals surface area contributed by atoms with Gasteiger partial charge in [-0.25, -0.2) is 0 Å². The second-order valence-electron chi connectivity index (χ2n) is 8.05. The van der Waals surface area contributed by atoms with Crippen LogP contribution in [0.4, 0.5) is 13.2 Å². The number of ketones is 1. The van der Waals surface area contributed by atoms with Crippen LogP contribution in [0.15, 0.2) is 65.3 Å². The third-order valence-electron chi connectivity index (χ3n) is 5.59. The van der Waals surface area contributed by atoms with Crippen LogP contribution in [-0.2, 0) is 12.7 Å². The first kappa shape index (κ1) is 24.0. The molecule has 5 aromatic rings. The first-order valence-electron chi connectivity index (χ1n) is 10.6. The third kappa shape index (κ3) is 4.36. The summed E-state index contributed by atoms with van der Waals surface area (Å²) < 4.78 is 50.2. The van der Waals surface area contributed by atoms with Crippen LogP contribution in [0.5, 0.6) is 0 Å². The van der Waals surface area contributed by atoms with Crippen molar-refractivity contribution in [2.75, 3.05) is 0 Å². The molecular weight excluding hydrogens is 516 g/mol. The Labute approximate surface area is 212 Å². The number of aromatic nitrogens is 4. The van der Waals surface area contributed by atoms with Gasteiger partial charge in [0.15, 0.2) is 0 Å². The van der Waals surface area contributed by atoms with Gasteiger partial charge in [0.25, 0.3) is 11.7 Å². The molecule has 0 spiro atoms. The van der Waals surface area contributed by atoms with Crippen LogP contribution in [0, 0.1) is 6.92 Å². The molecule has 11 heteroatoms. The summed E-state index contributed by atoms with van der Waals surface area (Å²) in [4.78, 5) is 17.4. The summed E-state index contributed by atoms with van der Waals surface area (Å²) in [5.41, 5.74) is -0.00817. The lowest BCUT2D eigenvalue weighted by molar-refractivity contribution is -0.143. The molecule has 0 amide bonds. The maximum Gasteiger partial charge on any atom is 0.432 e. The van der Waals surface area contributed by atoms with Crippen LogP contribution in [0.25, 0.3) is 22.4 Å². The molecule has 3 aromatic heterocycles. The van der Waals surface area contributed by atoms with Crippen molar-refractivity contribution in [3.63, 3.8) is 0 Å². The molecule has 0 aliphatic rings. The molecule has 0 radical (unpaired) electrons. The number of carbonyl (C=O) groups excluding carboxylic acids is 1. The zero-order chi connectivity index (χ0) is 25.6. The van der Waals surface area contributed by atoms with Crippen molar-refractivity contribution in [2.24, 2.45) is 0 Å². The molecule has 6 nitrogen and oxygen atoms in total. The van der Waals surface area contributed by atoms with Gasteiger partial charge in [0.2, 0.25) is 5.89 Å². The fourth-order valence-electron chi connectivity index (χ4n) is 4.01. The highest BCUT2D eigenvalue weighted by Gasteiger charge is 2.42. The Kier molecular flexibility index (Phi) is 6.05. The lowest BCUT2D eigenvalue weighted by Crippen LogP contribution is -2.19. The number of benzene rings is 2. The molecule has 0 atom stereocenters. The van der Waals surface area contributed by atoms with Gasteiger partial charge < -0.3 is 8.98 Å². The number of fused-ring (bicyclic) bond motifs is 1. The normalized spacial score (nSPS) is 11.8. The summed E-state index contributed by atoms with van der Waals surface area (Å²) in [6.07, 6.45) is -1.91. The molecule has 0 bridgehead atoms. The van der Waals surface area contributed by atoms with Gasteiger partial charge in [-0.15, -0.1) is 10.2 Å². The molecule has 0 fully saturated rings. The summed E-state index contributed by atoms with van der Waals surface area (Å²) in [5.74, 6) is -1.64. The predicted octanol–water partition coefficient (Wildman–Crippen LogP) is 7.00. The van der Waals surface area contributed by atoms with Crippen molar-refractivity contribution in [2.45, 2.75) is 19.6 Å². The molecule has 0 aliphatic heterocycles. The van der Waals surface area contributed by atoms with E-state index in [-0.39, 0.29) is 28.4 Å². The van der Waals surface area contributed by atoms with E-state index in [1.165, 1.54) is 36.7 Å². The van der Waals surface area contributed by atoms with Gasteiger partial charge in [-0.1, -0.05) is 40.9 Å². The predicted molar refractivity (Wildman–Crippen MR) is 128 cm³/mol. The van der Waals surface area contributed by atoms with E-state index in [4.69, 9.17) is 27.6 Å². The Morgan fingerprint density at radius 2 is 1.89 bits per heavy atom. The largest absolute Gasteiger partial charge is 0.432 e. The number of rotatable bonds is 5. The molecule has 0 unspecified atom stereocenters. The molecule has 0 aliphatic carbocycles. The minimum Gasteiger partial charge on any atom is -0.413 e. The summed E-state index contributed by atoms with van der Waals surface area (Å²) in [6.45, 7) is 1.48. The van der Waals surface area contributed by atoms with Crippen molar-refractivity contribution < 1.29 is 22.4 Å². The van der Waals surface area contributed by atoms with Crippen molar-refractivity contribution in [1.82, 2.24) is 19.7 Å². The maximum absolute atomic E-state index is 14.6. The minimum absolute atomic E-state index is 0.0344. The van der Waals surface area contributed by atoms with Crippen molar-refractivity contribution in [1.29, 1.82) is 0 Å². The fourth-order valence-corrected chi connectivity index (χ4v) is 4.47. The summed E-state index contributed by atoms with van der Waals surface area (Å²) >= 11 is 12.2. The second kappa shape index (κ2) is 9.07. The van der Waals surface area contributed by atoms with E-state index in [1.807, 2.05) is 0 Å². The van der Waals surface area contributed by atoms with E-state index in [0.717, 1.165) is 4.57 Å². The number of hydrogen-bond acceptors (Lipinski definition) is 5. The monoisotopic (exact) mass is 530 g/mol. The highest BCUT2D eigenvalue weighted by atomic mass is 35.5. The standard InChI is InChI=1S/C25H15Cl2F3N4O2/c1-13-4-7-19-17(9-13)20(21(35)24-33-32-23(36-24)14-3-2-8-31-11-14)22(25(28,29)30)34(19)12-15-5-6-16(26)10-18(15)27/h2-11H,12H2,1H3. The fraction of sp³-hybridized carbons (Fsp3) is 0.120. The summed E-state index contributed by atoms with van der Waals surface area (Å²) in [5, 5.41) is 8.22. The van der Waals surface area contributed by atoms with Crippen molar-refractivity contribution in [3.8, 4) is 11.5 Å². The van der Waals surface area contributed by atoms with E-state index in [0.29, 0.717) is 21.7 Å². The van der Waals surface area contributed by atoms with Crippen LogP contribution in [-0.4, -0.2) is 25.5 Å². The van der Waals surface area contributed by atoms with E-state index in [9.17, 15) is 18.0 Å². The van der Waals surface area contributed by atoms with Gasteiger partial charge in [-0.3, -0.25) is 9.78 Å². The molecule has 3 heterocycles. The molecule has 0 N–H and O–H groups in total. The number of nitrogens with zero attached hydrogens (tertiary/aromatic N) is 4. The summed E-state index contributed by atoms with van der Waals surface area (Å²) in [6, 6.07) is 12.5. The van der Waals surface area contributed by atoms with Gasteiger partial charge in [0.05, 0.1) is 11.1 Å². The average molecular weight is 531 g/mol. The third-order valence-corrected chi connectivity index (χ3v) is 6.17. The van der Waals surface area contributed by atoms with E-state index < -0.39 is 29.1 Å². The van der Waals surface area contributed by atoms with Gasteiger partial charge >= 0.3 is 6.18 Å². The highest BCUT2D eigenvalue weighted by Crippen LogP contribution is 2.40. The first-order valence-corrected chi connectivity index (χ1v) is 11.3. The van der Waals surface area contributed by atoms with Crippen LogP contribution < -0.4 is 0 Å². The Bertz CT molecular complexity index is 1610. The maximum atomic E-state index is 14.6. The topological polar surface area (TPSA) is 73.8 Å². The molecule has 0 saturated heterocycles. The first-order chi connectivity index (χ1) is 17.1. The zero-order valence-electron chi connectivity index (χ0n) is 18.5. The quantitative estimate of drug-likeness (QED) is 0.229. The lowest BCUT2D eigenvalue weighted by Gasteiger charge is -2.15. The number of aryl methyl sites for hydroxylation is 1. The molecule has 182 valence electrons. The van der Waals surface area contributed by atoms with E-state index in [1.54, 1.807) is 31.2 Å². The van der Waals surface area contributed by atoms with Gasteiger partial charge in [0, 0.05) is 39.9 Å². The van der Waals surface area contributed by atoms with Gasteiger partial charge in [0.1, 0.15) is 5.69 Å². The SMILES string of the molecule is Cc1ccc2c(c1)c(C(=O)c1nnc(-c3cccnc3)o1)c(C(F)(F)F)n2Cc1ccc(Cl)cc1Cl. The molecular formula is C25H15Cl2F3N4O2. The number of hydrogen-bond donors (Lipinski definition) is 0. The highest BCUT2D eigenvalue weighted by molar-refractivity contribution is 6.35. The van der Waals surface area contributed by atoms with Gasteiger partial charge in [-0.05, 0) is 48.9 Å². The van der Waals surface area contributed by atoms with Crippen molar-refractivity contribution >= 4 is 39.9 Å². The second-order valence-corrected chi connectivity index (χ2v) is 8.89. The summed E-state index contributed by atoms with van der Waals surface area (Å²) in [7, 11) is 0. The lowest BCUT2D eigenvalue weighted by atomic mass is 10.0. The van der Waals surface area contributed by atoms with E-state index in [2.05, 4.69) is 15.2 Å². The Hall–Kier alpha value is -3.69. The Morgan fingerprint density at radius 1 is 1.08 bits per heavy atom. The average Bonchev–Trinajstić information content (AvgIpc) is 3.44. The number of halogens is 5. The minimum atomic E-state index is -4.89. The van der Waals surface area contributed by atoms with Crippen LogP contribution in [0.1, 0.15) is 33.1 Å². The van der Waals surface area contributed by atoms with Crippen molar-refractivity contribution in [3.05, 3.63) is 99.2 Å². The number of pyridine rings is 1. The Morgan fingerprint density at radius 3 is 2.58 bits per heavy atom. The molecule has 0 saturated carbocycles. The number of alkyl halides is 3. The van der Waals surface area contributed by atoms with Crippen LogP contribution >= 0.6 is 23.2 Å². The number of carbonyl (C=O) groups is 1. The zero-order valence-corrected chi connectivity index (χ0v) is 20.0. The van der Waals surface area contributed by atoms with Crippen LogP contribution in [0.2, 0.25) is 10.0 Å². The van der Waals surface area contributed by atoms with Crippen LogP contribution in [0.3, 0.4) is 0 Å². The van der Waals surface area contributed by atoms with E-state index >= 15 is 0 Å².